The Balaban J connectivity index is 2.41. The third kappa shape index (κ3) is 5.79. The van der Waals surface area contributed by atoms with Crippen LogP contribution < -0.4 is 15.4 Å². The van der Waals surface area contributed by atoms with Gasteiger partial charge in [0.15, 0.2) is 6.61 Å². The molecule has 0 aliphatic rings. The summed E-state index contributed by atoms with van der Waals surface area (Å²) in [7, 11) is 0. The third-order valence-electron chi connectivity index (χ3n) is 2.50. The minimum Gasteiger partial charge on any atom is -0.482 e. The molecule has 0 saturated carbocycles. The van der Waals surface area contributed by atoms with E-state index < -0.39 is 11.9 Å². The number of hydrogen-bond donors (Lipinski definition) is 2. The minimum atomic E-state index is -0.537. The lowest BCUT2D eigenvalue weighted by Gasteiger charge is -2.12. The molecule has 1 atom stereocenters. The molecule has 0 bridgehead atoms. The predicted molar refractivity (Wildman–Crippen MR) is 81.1 cm³/mol. The van der Waals surface area contributed by atoms with Crippen LogP contribution in [0, 0.1) is 0 Å². The Morgan fingerprint density at radius 3 is 2.75 bits per heavy atom. The quantitative estimate of drug-likeness (QED) is 0.844. The maximum Gasteiger partial charge on any atom is 0.321 e. The summed E-state index contributed by atoms with van der Waals surface area (Å²) in [4.78, 5) is 22.9. The summed E-state index contributed by atoms with van der Waals surface area (Å²) < 4.78 is 6.05. The number of benzene rings is 1. The van der Waals surface area contributed by atoms with E-state index in [9.17, 15) is 9.59 Å². The molecule has 7 heteroatoms. The summed E-state index contributed by atoms with van der Waals surface area (Å²) in [6.45, 7) is 3.50. The SMILES string of the molecule is CC[C@H](C)NC(=O)NC(=O)COc1ccc(Br)cc1Cl. The highest BCUT2D eigenvalue weighted by atomic mass is 79.9. The van der Waals surface area contributed by atoms with Crippen LogP contribution in [0.15, 0.2) is 22.7 Å². The highest BCUT2D eigenvalue weighted by molar-refractivity contribution is 9.10. The molecule has 1 aromatic rings. The van der Waals surface area contributed by atoms with Crippen molar-refractivity contribution < 1.29 is 14.3 Å². The smallest absolute Gasteiger partial charge is 0.321 e. The summed E-state index contributed by atoms with van der Waals surface area (Å²) in [5.74, 6) is -0.155. The zero-order chi connectivity index (χ0) is 15.1. The first-order valence-corrected chi connectivity index (χ1v) is 7.27. The van der Waals surface area contributed by atoms with Gasteiger partial charge in [-0.1, -0.05) is 34.5 Å². The summed E-state index contributed by atoms with van der Waals surface area (Å²) in [6, 6.07) is 4.51. The summed E-state index contributed by atoms with van der Waals surface area (Å²) in [5, 5.41) is 5.18. The molecule has 0 fully saturated rings. The molecule has 1 rings (SSSR count). The normalized spacial score (nSPS) is 11.6. The van der Waals surface area contributed by atoms with Gasteiger partial charge in [0.2, 0.25) is 0 Å². The van der Waals surface area contributed by atoms with Crippen molar-refractivity contribution in [1.82, 2.24) is 10.6 Å². The van der Waals surface area contributed by atoms with Crippen molar-refractivity contribution >= 4 is 39.5 Å². The van der Waals surface area contributed by atoms with E-state index in [-0.39, 0.29) is 12.6 Å². The number of halogens is 2. The molecule has 2 N–H and O–H groups in total. The average molecular weight is 364 g/mol. The monoisotopic (exact) mass is 362 g/mol. The molecule has 0 aliphatic heterocycles. The number of carbonyl (C=O) groups is 2. The van der Waals surface area contributed by atoms with Crippen LogP contribution in [0.2, 0.25) is 5.02 Å². The van der Waals surface area contributed by atoms with Crippen molar-refractivity contribution in [2.24, 2.45) is 0 Å². The lowest BCUT2D eigenvalue weighted by Crippen LogP contribution is -2.44. The van der Waals surface area contributed by atoms with Crippen LogP contribution in [-0.2, 0) is 4.79 Å². The van der Waals surface area contributed by atoms with Gasteiger partial charge in [0.25, 0.3) is 5.91 Å². The molecule has 0 saturated heterocycles. The Bertz CT molecular complexity index is 497. The number of imide groups is 1. The van der Waals surface area contributed by atoms with E-state index in [0.29, 0.717) is 10.8 Å². The second-order valence-corrected chi connectivity index (χ2v) is 5.52. The first-order chi connectivity index (χ1) is 9.42. The molecule has 0 radical (unpaired) electrons. The van der Waals surface area contributed by atoms with Crippen molar-refractivity contribution in [1.29, 1.82) is 0 Å². The molecule has 5 nitrogen and oxygen atoms in total. The molecule has 1 aromatic carbocycles. The second kappa shape index (κ2) is 8.11. The van der Waals surface area contributed by atoms with Crippen molar-refractivity contribution in [3.05, 3.63) is 27.7 Å². The van der Waals surface area contributed by atoms with Gasteiger partial charge in [-0.3, -0.25) is 10.1 Å². The van der Waals surface area contributed by atoms with Crippen LogP contribution >= 0.6 is 27.5 Å². The molecular formula is C13H16BrClN2O3. The van der Waals surface area contributed by atoms with Gasteiger partial charge < -0.3 is 10.1 Å². The summed E-state index contributed by atoms with van der Waals surface area (Å²) in [6.07, 6.45) is 0.784. The maximum absolute atomic E-state index is 11.5. The van der Waals surface area contributed by atoms with Crippen LogP contribution in [-0.4, -0.2) is 24.6 Å². The number of urea groups is 1. The first kappa shape index (κ1) is 16.8. The fourth-order valence-corrected chi connectivity index (χ4v) is 1.99. The first-order valence-electron chi connectivity index (χ1n) is 6.10. The molecule has 0 aliphatic carbocycles. The van der Waals surface area contributed by atoms with E-state index in [4.69, 9.17) is 16.3 Å². The lowest BCUT2D eigenvalue weighted by molar-refractivity contribution is -0.122. The van der Waals surface area contributed by atoms with Gasteiger partial charge in [-0.05, 0) is 31.5 Å². The molecule has 0 aromatic heterocycles. The van der Waals surface area contributed by atoms with Crippen LogP contribution in [0.25, 0.3) is 0 Å². The Morgan fingerprint density at radius 1 is 1.45 bits per heavy atom. The van der Waals surface area contributed by atoms with E-state index >= 15 is 0 Å². The number of hydrogen-bond acceptors (Lipinski definition) is 3. The van der Waals surface area contributed by atoms with E-state index in [1.165, 1.54) is 0 Å². The second-order valence-electron chi connectivity index (χ2n) is 4.19. The van der Waals surface area contributed by atoms with Crippen molar-refractivity contribution in [3.8, 4) is 5.75 Å². The Morgan fingerprint density at radius 2 is 2.15 bits per heavy atom. The maximum atomic E-state index is 11.5. The highest BCUT2D eigenvalue weighted by Gasteiger charge is 2.11. The zero-order valence-electron chi connectivity index (χ0n) is 11.2. The zero-order valence-corrected chi connectivity index (χ0v) is 13.5. The number of amides is 3. The van der Waals surface area contributed by atoms with E-state index in [1.807, 2.05) is 13.8 Å². The molecule has 20 heavy (non-hydrogen) atoms. The number of carbonyl (C=O) groups excluding carboxylic acids is 2. The van der Waals surface area contributed by atoms with Crippen LogP contribution in [0.1, 0.15) is 20.3 Å². The van der Waals surface area contributed by atoms with Crippen LogP contribution in [0.3, 0.4) is 0 Å². The molecule has 0 spiro atoms. The largest absolute Gasteiger partial charge is 0.482 e. The predicted octanol–water partition coefficient (Wildman–Crippen LogP) is 3.11. The van der Waals surface area contributed by atoms with E-state index in [2.05, 4.69) is 26.6 Å². The van der Waals surface area contributed by atoms with Gasteiger partial charge >= 0.3 is 6.03 Å². The van der Waals surface area contributed by atoms with Crippen molar-refractivity contribution in [2.75, 3.05) is 6.61 Å². The minimum absolute atomic E-state index is 0.00429. The summed E-state index contributed by atoms with van der Waals surface area (Å²) in [5.41, 5.74) is 0. The van der Waals surface area contributed by atoms with E-state index in [1.54, 1.807) is 18.2 Å². The standard InChI is InChI=1S/C13H16BrClN2O3/c1-3-8(2)16-13(19)17-12(18)7-20-11-5-4-9(14)6-10(11)15/h4-6,8H,3,7H2,1-2H3,(H2,16,17,18,19)/t8-/m0/s1. The summed E-state index contributed by atoms with van der Waals surface area (Å²) >= 11 is 9.21. The molecule has 3 amide bonds. The lowest BCUT2D eigenvalue weighted by atomic mass is 10.3. The van der Waals surface area contributed by atoms with Crippen molar-refractivity contribution in [3.63, 3.8) is 0 Å². The Hall–Kier alpha value is -1.27. The number of ether oxygens (including phenoxy) is 1. The van der Waals surface area contributed by atoms with Gasteiger partial charge in [0.05, 0.1) is 5.02 Å². The molecule has 110 valence electrons. The topological polar surface area (TPSA) is 67.4 Å². The molecule has 0 heterocycles. The average Bonchev–Trinajstić information content (AvgIpc) is 2.37. The molecule has 0 unspecified atom stereocenters. The van der Waals surface area contributed by atoms with Crippen LogP contribution in [0.4, 0.5) is 4.79 Å². The number of nitrogens with one attached hydrogen (secondary N) is 2. The van der Waals surface area contributed by atoms with Gasteiger partial charge in [-0.25, -0.2) is 4.79 Å². The van der Waals surface area contributed by atoms with Gasteiger partial charge in [-0.15, -0.1) is 0 Å². The van der Waals surface area contributed by atoms with Gasteiger partial charge in [-0.2, -0.15) is 0 Å². The number of rotatable bonds is 5. The van der Waals surface area contributed by atoms with Crippen LogP contribution in [0.5, 0.6) is 5.75 Å². The third-order valence-corrected chi connectivity index (χ3v) is 3.28. The Kier molecular flexibility index (Phi) is 6.81. The van der Waals surface area contributed by atoms with Crippen molar-refractivity contribution in [2.45, 2.75) is 26.3 Å². The van der Waals surface area contributed by atoms with Gasteiger partial charge in [0.1, 0.15) is 5.75 Å². The van der Waals surface area contributed by atoms with E-state index in [0.717, 1.165) is 10.9 Å². The highest BCUT2D eigenvalue weighted by Crippen LogP contribution is 2.27. The molecular weight excluding hydrogens is 348 g/mol. The van der Waals surface area contributed by atoms with Gasteiger partial charge in [0, 0.05) is 10.5 Å². The fraction of sp³-hybridized carbons (Fsp3) is 0.385. The Labute approximate surface area is 131 Å². The fourth-order valence-electron chi connectivity index (χ4n) is 1.26.